The molecule has 8 aromatic heterocycles. The van der Waals surface area contributed by atoms with Crippen molar-refractivity contribution in [3.63, 3.8) is 0 Å². The Morgan fingerprint density at radius 3 is 1.21 bits per heavy atom. The molecule has 0 aliphatic heterocycles. The number of furan rings is 4. The van der Waals surface area contributed by atoms with Crippen molar-refractivity contribution >= 4 is 27.5 Å². The van der Waals surface area contributed by atoms with E-state index < -0.39 is 28.6 Å². The molecule has 0 atom stereocenters. The van der Waals surface area contributed by atoms with Gasteiger partial charge in [-0.3, -0.25) is 0 Å². The van der Waals surface area contributed by atoms with Crippen LogP contribution in [-0.4, -0.2) is 79.2 Å². The van der Waals surface area contributed by atoms with E-state index in [0.717, 1.165) is 66.0 Å². The normalized spacial score (nSPS) is 11.5. The minimum absolute atomic E-state index is 0.0574. The maximum absolute atomic E-state index is 13.9. The molecule has 12 aromatic rings. The summed E-state index contributed by atoms with van der Waals surface area (Å²) in [5.74, 6) is 2.46. The molecular formula is C56H53BrClFN16O12. The van der Waals surface area contributed by atoms with Crippen molar-refractivity contribution in [3.8, 4) is 46.5 Å². The largest absolute Gasteiger partial charge is 0.488 e. The molecule has 28 nitrogen and oxygen atoms in total. The molecule has 0 fully saturated rings. The van der Waals surface area contributed by atoms with E-state index in [2.05, 4.69) is 57.6 Å². The Morgan fingerprint density at radius 1 is 0.460 bits per heavy atom. The monoisotopic (exact) mass is 1280 g/mol. The molecule has 4 aromatic carbocycles. The first-order valence-corrected chi connectivity index (χ1v) is 26.8. The Kier molecular flexibility index (Phi) is 17.5. The van der Waals surface area contributed by atoms with Gasteiger partial charge in [-0.25, -0.2) is 23.6 Å². The summed E-state index contributed by atoms with van der Waals surface area (Å²) < 4.78 is 97.1. The van der Waals surface area contributed by atoms with Crippen LogP contribution in [-0.2, 0) is 54.6 Å². The fraction of sp³-hybridized carbons (Fsp3) is 0.214. The van der Waals surface area contributed by atoms with E-state index in [4.69, 9.17) is 53.7 Å². The van der Waals surface area contributed by atoms with Crippen LogP contribution in [0.25, 0.3) is 23.5 Å². The Bertz CT molecular complexity index is 4450. The van der Waals surface area contributed by atoms with Gasteiger partial charge in [0.25, 0.3) is 0 Å². The van der Waals surface area contributed by atoms with E-state index in [1.54, 1.807) is 85.8 Å². The van der Waals surface area contributed by atoms with Gasteiger partial charge in [0, 0.05) is 28.2 Å². The third-order valence-electron chi connectivity index (χ3n) is 12.4. The Hall–Kier alpha value is -10.6. The van der Waals surface area contributed by atoms with Crippen LogP contribution in [0.15, 0.2) is 169 Å². The van der Waals surface area contributed by atoms with Crippen molar-refractivity contribution in [1.82, 2.24) is 79.2 Å². The Balaban J connectivity index is 0.000000144. The number of ether oxygens (including phenoxy) is 4. The Morgan fingerprint density at radius 2 is 0.805 bits per heavy atom. The highest BCUT2D eigenvalue weighted by molar-refractivity contribution is 9.10. The molecule has 0 amide bonds. The lowest BCUT2D eigenvalue weighted by molar-refractivity contribution is 0.296. The zero-order valence-electron chi connectivity index (χ0n) is 51.3. The van der Waals surface area contributed by atoms with Gasteiger partial charge in [0.15, 0.2) is 5.82 Å². The fourth-order valence-electron chi connectivity index (χ4n) is 7.62. The third-order valence-corrected chi connectivity index (χ3v) is 13.4. The molecule has 0 saturated heterocycles. The summed E-state index contributed by atoms with van der Waals surface area (Å²) in [5, 5.41) is 29.7. The van der Waals surface area contributed by atoms with E-state index in [1.807, 2.05) is 20.8 Å². The molecule has 31 heteroatoms. The molecule has 450 valence electrons. The smallest absolute Gasteiger partial charge is 0.370 e. The van der Waals surface area contributed by atoms with Gasteiger partial charge < -0.3 is 36.6 Å². The number of tetrazole rings is 4. The number of aryl methyl sites for hydroxylation is 8. The second kappa shape index (κ2) is 27.4. The van der Waals surface area contributed by atoms with E-state index in [0.29, 0.717) is 73.4 Å². The predicted octanol–water partition coefficient (Wildman–Crippen LogP) is 7.34. The zero-order chi connectivity index (χ0) is 65.4. The van der Waals surface area contributed by atoms with Gasteiger partial charge in [-0.05, 0) is 138 Å². The Labute approximate surface area is 509 Å². The standard InChI is InChI=1S/C14H13BrN4O3.C14H13ClN4O3.C14H13FN4O3.C14H14N4O3/c3*1-9-5-3-4-6-12(9)21-7-10-11(15)8-22-13(10)19-14(20)18(2)16-17-19;1-10-5-3-4-6-12(10)21-9-11-7-8-20-13(11)18-14(19)17(2)15-16-18/h3*3-6,8H,7H2,1-2H3;3-8H,9H2,1-2H3/i4*3T. The predicted molar refractivity (Wildman–Crippen MR) is 310 cm³/mol. The highest BCUT2D eigenvalue weighted by Crippen LogP contribution is 2.30. The summed E-state index contributed by atoms with van der Waals surface area (Å²) in [4.78, 5) is 47.6. The van der Waals surface area contributed by atoms with Crippen molar-refractivity contribution < 1.29 is 46.5 Å². The number of hydrogen-bond acceptors (Lipinski definition) is 20. The molecule has 0 spiro atoms. The van der Waals surface area contributed by atoms with Gasteiger partial charge in [-0.15, -0.1) is 18.7 Å². The maximum Gasteiger partial charge on any atom is 0.370 e. The number of nitrogens with zero attached hydrogens (tertiary/aromatic N) is 16. The van der Waals surface area contributed by atoms with Gasteiger partial charge in [0.2, 0.25) is 23.5 Å². The second-order valence-electron chi connectivity index (χ2n) is 18.5. The van der Waals surface area contributed by atoms with E-state index in [1.165, 1.54) is 47.0 Å². The highest BCUT2D eigenvalue weighted by Gasteiger charge is 2.23. The molecular weight excluding hydrogens is 1220 g/mol. The molecule has 0 aliphatic rings. The summed E-state index contributed by atoms with van der Waals surface area (Å²) in [5.41, 5.74) is 3.35. The molecule has 0 N–H and O–H groups in total. The fourth-order valence-corrected chi connectivity index (χ4v) is 8.18. The molecule has 0 bridgehead atoms. The number of benzene rings is 4. The summed E-state index contributed by atoms with van der Waals surface area (Å²) in [6, 6.07) is 23.4. The highest BCUT2D eigenvalue weighted by atomic mass is 79.9. The molecule has 0 saturated carbocycles. The lowest BCUT2D eigenvalue weighted by atomic mass is 10.2. The van der Waals surface area contributed by atoms with E-state index >= 15 is 0 Å². The van der Waals surface area contributed by atoms with Gasteiger partial charge in [-0.1, -0.05) is 84.3 Å². The SMILES string of the molecule is [3H]c1ccc(OCc2c(Br)coc2-n2nnn(C)c2=O)c(C)c1.[3H]c1ccc(OCc2c(Cl)coc2-n2nnn(C)c2=O)c(C)c1.[3H]c1ccc(OCc2c(F)coc2-n2nnn(C)c2=O)c(C)c1.[3H]c1ccc(OCc2ccoc2-n2nnn(C)c2=O)c(C)c1. The molecule has 12 rings (SSSR count). The van der Waals surface area contributed by atoms with Crippen molar-refractivity contribution in [3.05, 3.63) is 230 Å². The van der Waals surface area contributed by atoms with Crippen LogP contribution in [0.2, 0.25) is 5.02 Å². The van der Waals surface area contributed by atoms with E-state index in [9.17, 15) is 23.6 Å². The topological polar surface area (TPSA) is 300 Å². The van der Waals surface area contributed by atoms with Crippen LogP contribution in [0.3, 0.4) is 0 Å². The number of rotatable bonds is 16. The van der Waals surface area contributed by atoms with Crippen LogP contribution < -0.4 is 41.7 Å². The van der Waals surface area contributed by atoms with Crippen molar-refractivity contribution in [2.45, 2.75) is 54.1 Å². The van der Waals surface area contributed by atoms with Crippen molar-refractivity contribution in [2.24, 2.45) is 28.2 Å². The average Bonchev–Trinajstić information content (AvgIpc) is 1.76. The average molecular weight is 1280 g/mol. The lowest BCUT2D eigenvalue weighted by Crippen LogP contribution is -2.22. The second-order valence-corrected chi connectivity index (χ2v) is 19.7. The molecule has 87 heavy (non-hydrogen) atoms. The minimum atomic E-state index is -0.646. The number of halogens is 3. The van der Waals surface area contributed by atoms with Crippen LogP contribution >= 0.6 is 27.5 Å². The maximum atomic E-state index is 13.9. The molecule has 0 unspecified atom stereocenters. The van der Waals surface area contributed by atoms with Gasteiger partial charge in [0.05, 0.1) is 43.5 Å². The quantitative estimate of drug-likeness (QED) is 0.0913. The van der Waals surface area contributed by atoms with Gasteiger partial charge in [0.1, 0.15) is 68.2 Å². The summed E-state index contributed by atoms with van der Waals surface area (Å²) in [7, 11) is 5.92. The zero-order valence-corrected chi connectivity index (χ0v) is 49.7. The third kappa shape index (κ3) is 14.0. The first kappa shape index (κ1) is 55.6. The van der Waals surface area contributed by atoms with Crippen molar-refractivity contribution in [1.29, 1.82) is 0 Å². The summed E-state index contributed by atoms with van der Waals surface area (Å²) >= 11 is 9.49. The first-order chi connectivity index (χ1) is 43.5. The summed E-state index contributed by atoms with van der Waals surface area (Å²) in [6.45, 7) is 7.69. The molecule has 0 aliphatic carbocycles. The lowest BCUT2D eigenvalue weighted by Gasteiger charge is -2.08. The van der Waals surface area contributed by atoms with Crippen LogP contribution in [0.5, 0.6) is 23.0 Å². The van der Waals surface area contributed by atoms with Gasteiger partial charge >= 0.3 is 22.8 Å². The van der Waals surface area contributed by atoms with Crippen LogP contribution in [0.4, 0.5) is 4.39 Å². The molecule has 8 heterocycles. The summed E-state index contributed by atoms with van der Waals surface area (Å²) in [6.07, 6.45) is 5.13. The van der Waals surface area contributed by atoms with Crippen LogP contribution in [0.1, 0.15) is 50.0 Å². The van der Waals surface area contributed by atoms with E-state index in [-0.39, 0.29) is 55.5 Å². The number of hydrogen-bond donors (Lipinski definition) is 0. The van der Waals surface area contributed by atoms with Crippen LogP contribution in [0, 0.1) is 33.5 Å². The molecule has 0 radical (unpaired) electrons. The number of para-hydroxylation sites is 4. The first-order valence-electron chi connectivity index (χ1n) is 27.6. The van der Waals surface area contributed by atoms with Crippen molar-refractivity contribution in [2.75, 3.05) is 0 Å². The number of aromatic nitrogens is 16. The minimum Gasteiger partial charge on any atom is -0.488 e. The van der Waals surface area contributed by atoms with Gasteiger partial charge in [-0.2, -0.15) is 18.7 Å².